The molecule has 1 aromatic carbocycles. The monoisotopic (exact) mass is 334 g/mol. The van der Waals surface area contributed by atoms with Gasteiger partial charge < -0.3 is 24.8 Å². The maximum absolute atomic E-state index is 12.8. The number of carbonyl (C=O) groups is 2. The summed E-state index contributed by atoms with van der Waals surface area (Å²) in [6, 6.07) is 5.19. The maximum atomic E-state index is 12.8. The molecule has 1 aromatic rings. The summed E-state index contributed by atoms with van der Waals surface area (Å²) in [7, 11) is 1.62. The first kappa shape index (κ1) is 16.6. The molecule has 2 N–H and O–H groups in total. The summed E-state index contributed by atoms with van der Waals surface area (Å²) in [6.07, 6.45) is 2.40. The molecular formula is C17H22N2O5. The maximum Gasteiger partial charge on any atom is 0.254 e. The van der Waals surface area contributed by atoms with Crippen LogP contribution in [-0.2, 0) is 9.53 Å². The molecule has 1 saturated heterocycles. The first-order valence-electron chi connectivity index (χ1n) is 8.05. The van der Waals surface area contributed by atoms with Crippen LogP contribution >= 0.6 is 0 Å². The van der Waals surface area contributed by atoms with Crippen LogP contribution in [0.1, 0.15) is 36.0 Å². The lowest BCUT2D eigenvalue weighted by Crippen LogP contribution is -2.51. The Morgan fingerprint density at radius 2 is 2.12 bits per heavy atom. The van der Waals surface area contributed by atoms with Gasteiger partial charge in [-0.15, -0.1) is 0 Å². The van der Waals surface area contributed by atoms with Crippen LogP contribution in [0.4, 0.5) is 0 Å². The highest BCUT2D eigenvalue weighted by molar-refractivity contribution is 5.95. The van der Waals surface area contributed by atoms with Gasteiger partial charge in [0.05, 0.1) is 5.60 Å². The fraction of sp³-hybridized carbons (Fsp3) is 0.529. The topological polar surface area (TPSA) is 91.1 Å². The lowest BCUT2D eigenvalue weighted by Gasteiger charge is -2.42. The summed E-state index contributed by atoms with van der Waals surface area (Å²) < 4.78 is 16.3. The molecule has 0 aromatic heterocycles. The number of primary amides is 1. The van der Waals surface area contributed by atoms with Crippen molar-refractivity contribution in [2.24, 2.45) is 5.73 Å². The second-order valence-electron chi connectivity index (χ2n) is 6.25. The van der Waals surface area contributed by atoms with Crippen molar-refractivity contribution in [3.8, 4) is 11.5 Å². The van der Waals surface area contributed by atoms with Crippen LogP contribution in [0.15, 0.2) is 18.2 Å². The molecule has 2 aliphatic heterocycles. The van der Waals surface area contributed by atoms with Crippen molar-refractivity contribution in [1.29, 1.82) is 0 Å². The summed E-state index contributed by atoms with van der Waals surface area (Å²) in [5.41, 5.74) is 5.30. The number of benzene rings is 1. The van der Waals surface area contributed by atoms with E-state index < -0.39 is 5.60 Å². The molecule has 2 amide bonds. The number of fused-ring (bicyclic) bond motifs is 1. The highest BCUT2D eigenvalue weighted by atomic mass is 16.7. The van der Waals surface area contributed by atoms with Crippen molar-refractivity contribution < 1.29 is 23.8 Å². The first-order valence-corrected chi connectivity index (χ1v) is 8.05. The van der Waals surface area contributed by atoms with Gasteiger partial charge >= 0.3 is 0 Å². The fourth-order valence-corrected chi connectivity index (χ4v) is 3.31. The van der Waals surface area contributed by atoms with Crippen LogP contribution in [0.3, 0.4) is 0 Å². The van der Waals surface area contributed by atoms with Gasteiger partial charge in [0, 0.05) is 32.2 Å². The van der Waals surface area contributed by atoms with Crippen molar-refractivity contribution in [1.82, 2.24) is 4.90 Å². The molecule has 1 fully saturated rings. The Morgan fingerprint density at radius 3 is 2.88 bits per heavy atom. The molecule has 0 aliphatic carbocycles. The number of nitrogens with two attached hydrogens (primary N) is 1. The van der Waals surface area contributed by atoms with Crippen molar-refractivity contribution in [3.05, 3.63) is 23.8 Å². The third-order valence-electron chi connectivity index (χ3n) is 4.71. The molecule has 2 heterocycles. The fourth-order valence-electron chi connectivity index (χ4n) is 3.31. The molecular weight excluding hydrogens is 312 g/mol. The second-order valence-corrected chi connectivity index (χ2v) is 6.25. The lowest BCUT2D eigenvalue weighted by atomic mass is 9.87. The third kappa shape index (κ3) is 3.31. The molecule has 0 spiro atoms. The SMILES string of the molecule is COC1(CCC(N)=O)CCCN(C(=O)c2ccc3c(c2)OCO3)C1. The van der Waals surface area contributed by atoms with Gasteiger partial charge in [-0.25, -0.2) is 0 Å². The van der Waals surface area contributed by atoms with E-state index in [2.05, 4.69) is 0 Å². The van der Waals surface area contributed by atoms with E-state index in [0.29, 0.717) is 36.6 Å². The molecule has 0 saturated carbocycles. The molecule has 0 bridgehead atoms. The quantitative estimate of drug-likeness (QED) is 0.876. The standard InChI is InChI=1S/C17H22N2O5/c1-22-17(7-5-15(18)20)6-2-8-19(10-17)16(21)12-3-4-13-14(9-12)24-11-23-13/h3-4,9H,2,5-8,10-11H2,1H3,(H2,18,20). The molecule has 24 heavy (non-hydrogen) atoms. The van der Waals surface area contributed by atoms with E-state index in [1.165, 1.54) is 0 Å². The molecule has 7 nitrogen and oxygen atoms in total. The number of nitrogens with zero attached hydrogens (tertiary/aromatic N) is 1. The Balaban J connectivity index is 1.73. The Kier molecular flexibility index (Phi) is 4.62. The Labute approximate surface area is 140 Å². The average molecular weight is 334 g/mol. The predicted octanol–water partition coefficient (Wildman–Crippen LogP) is 1.30. The van der Waals surface area contributed by atoms with Crippen molar-refractivity contribution in [2.45, 2.75) is 31.3 Å². The smallest absolute Gasteiger partial charge is 0.254 e. The molecule has 0 radical (unpaired) electrons. The Morgan fingerprint density at radius 1 is 1.33 bits per heavy atom. The van der Waals surface area contributed by atoms with E-state index in [0.717, 1.165) is 12.8 Å². The van der Waals surface area contributed by atoms with E-state index in [4.69, 9.17) is 19.9 Å². The van der Waals surface area contributed by atoms with E-state index >= 15 is 0 Å². The van der Waals surface area contributed by atoms with Gasteiger partial charge in [0.1, 0.15) is 0 Å². The molecule has 130 valence electrons. The van der Waals surface area contributed by atoms with Gasteiger partial charge in [-0.3, -0.25) is 9.59 Å². The van der Waals surface area contributed by atoms with Crippen molar-refractivity contribution >= 4 is 11.8 Å². The summed E-state index contributed by atoms with van der Waals surface area (Å²) in [5.74, 6) is 0.807. The average Bonchev–Trinajstić information content (AvgIpc) is 3.07. The van der Waals surface area contributed by atoms with Gasteiger partial charge in [-0.05, 0) is 37.5 Å². The van der Waals surface area contributed by atoms with Crippen molar-refractivity contribution in [3.63, 3.8) is 0 Å². The Hall–Kier alpha value is -2.28. The second kappa shape index (κ2) is 6.68. The van der Waals surface area contributed by atoms with E-state index in [1.54, 1.807) is 30.2 Å². The largest absolute Gasteiger partial charge is 0.454 e. The third-order valence-corrected chi connectivity index (χ3v) is 4.71. The van der Waals surface area contributed by atoms with Crippen LogP contribution in [0.5, 0.6) is 11.5 Å². The molecule has 1 atom stereocenters. The molecule has 1 unspecified atom stereocenters. The number of piperidine rings is 1. The molecule has 3 rings (SSSR count). The lowest BCUT2D eigenvalue weighted by molar-refractivity contribution is -0.121. The number of methoxy groups -OCH3 is 1. The van der Waals surface area contributed by atoms with Gasteiger partial charge in [0.2, 0.25) is 12.7 Å². The van der Waals surface area contributed by atoms with E-state index in [-0.39, 0.29) is 25.0 Å². The summed E-state index contributed by atoms with van der Waals surface area (Å²) in [5, 5.41) is 0. The summed E-state index contributed by atoms with van der Waals surface area (Å²) in [6.45, 7) is 1.29. The van der Waals surface area contributed by atoms with Crippen molar-refractivity contribution in [2.75, 3.05) is 27.0 Å². The van der Waals surface area contributed by atoms with Crippen LogP contribution < -0.4 is 15.2 Å². The van der Waals surface area contributed by atoms with Gasteiger partial charge in [-0.1, -0.05) is 0 Å². The van der Waals surface area contributed by atoms with E-state index in [9.17, 15) is 9.59 Å². The molecule has 2 aliphatic rings. The van der Waals surface area contributed by atoms with Crippen LogP contribution in [0, 0.1) is 0 Å². The Bertz CT molecular complexity index is 648. The van der Waals surface area contributed by atoms with E-state index in [1.807, 2.05) is 0 Å². The van der Waals surface area contributed by atoms with Crippen LogP contribution in [0.25, 0.3) is 0 Å². The number of ether oxygens (including phenoxy) is 3. The van der Waals surface area contributed by atoms with Gasteiger partial charge in [-0.2, -0.15) is 0 Å². The number of likely N-dealkylation sites (tertiary alicyclic amines) is 1. The normalized spacial score (nSPS) is 22.5. The predicted molar refractivity (Wildman–Crippen MR) is 85.9 cm³/mol. The number of rotatable bonds is 5. The minimum Gasteiger partial charge on any atom is -0.454 e. The van der Waals surface area contributed by atoms with Gasteiger partial charge in [0.25, 0.3) is 5.91 Å². The number of carbonyl (C=O) groups excluding carboxylic acids is 2. The summed E-state index contributed by atoms with van der Waals surface area (Å²) in [4.78, 5) is 25.7. The van der Waals surface area contributed by atoms with Crippen LogP contribution in [0.2, 0.25) is 0 Å². The molecule has 7 heteroatoms. The number of amides is 2. The summed E-state index contributed by atoms with van der Waals surface area (Å²) >= 11 is 0. The van der Waals surface area contributed by atoms with Crippen LogP contribution in [-0.4, -0.2) is 49.3 Å². The zero-order chi connectivity index (χ0) is 17.2. The highest BCUT2D eigenvalue weighted by Gasteiger charge is 2.37. The zero-order valence-corrected chi connectivity index (χ0v) is 13.7. The minimum atomic E-state index is -0.515. The first-order chi connectivity index (χ1) is 11.5. The highest BCUT2D eigenvalue weighted by Crippen LogP contribution is 2.34. The number of hydrogen-bond acceptors (Lipinski definition) is 5. The zero-order valence-electron chi connectivity index (χ0n) is 13.7. The minimum absolute atomic E-state index is 0.0755. The van der Waals surface area contributed by atoms with Gasteiger partial charge in [0.15, 0.2) is 11.5 Å². The number of hydrogen-bond donors (Lipinski definition) is 1.